The van der Waals surface area contributed by atoms with Gasteiger partial charge in [-0.25, -0.2) is 4.99 Å². The number of furan rings is 1. The molecule has 32 heavy (non-hydrogen) atoms. The van der Waals surface area contributed by atoms with E-state index < -0.39 is 0 Å². The van der Waals surface area contributed by atoms with Crippen LogP contribution < -0.4 is 15.4 Å². The van der Waals surface area contributed by atoms with Crippen molar-refractivity contribution in [3.63, 3.8) is 0 Å². The molecule has 3 heterocycles. The van der Waals surface area contributed by atoms with Crippen molar-refractivity contribution in [1.29, 1.82) is 0 Å². The van der Waals surface area contributed by atoms with Crippen LogP contribution in [0.2, 0.25) is 0 Å². The Morgan fingerprint density at radius 1 is 1.38 bits per heavy atom. The van der Waals surface area contributed by atoms with E-state index in [-0.39, 0.29) is 12.1 Å². The van der Waals surface area contributed by atoms with Crippen LogP contribution in [0.15, 0.2) is 33.7 Å². The first kappa shape index (κ1) is 22.1. The van der Waals surface area contributed by atoms with Crippen molar-refractivity contribution < 1.29 is 13.9 Å². The highest BCUT2D eigenvalue weighted by molar-refractivity contribution is 5.84. The van der Waals surface area contributed by atoms with Crippen LogP contribution in [0.5, 0.6) is 5.75 Å². The van der Waals surface area contributed by atoms with Gasteiger partial charge in [-0.05, 0) is 45.7 Å². The van der Waals surface area contributed by atoms with E-state index in [1.165, 1.54) is 0 Å². The van der Waals surface area contributed by atoms with Crippen molar-refractivity contribution >= 4 is 16.9 Å². The zero-order chi connectivity index (χ0) is 22.5. The van der Waals surface area contributed by atoms with E-state index in [2.05, 4.69) is 20.8 Å². The van der Waals surface area contributed by atoms with Gasteiger partial charge in [0.1, 0.15) is 18.1 Å². The number of para-hydroxylation sites is 1. The van der Waals surface area contributed by atoms with E-state index in [0.29, 0.717) is 25.7 Å². The lowest BCUT2D eigenvalue weighted by molar-refractivity contribution is 0.113. The molecule has 4 rings (SSSR count). The van der Waals surface area contributed by atoms with Gasteiger partial charge in [0, 0.05) is 25.6 Å². The number of guanidine groups is 1. The number of hydrogen-bond acceptors (Lipinski definition) is 6. The number of nitrogens with zero attached hydrogens (tertiary/aromatic N) is 4. The average molecular weight is 441 g/mol. The minimum absolute atomic E-state index is 0.103. The highest BCUT2D eigenvalue weighted by Gasteiger charge is 2.19. The van der Waals surface area contributed by atoms with Crippen LogP contribution in [0, 0.1) is 6.92 Å². The standard InChI is InChI=1S/C23H32N6O3/c1-5-30-19-10-6-8-17-12-20(32-22(17)19)15(2)26-23(24-13-18-9-7-11-31-18)25-14-21-28-27-16(3)29(21)4/h6,8,10,12,15,18H,5,7,9,11,13-14H2,1-4H3,(H2,24,25,26). The zero-order valence-corrected chi connectivity index (χ0v) is 19.2. The summed E-state index contributed by atoms with van der Waals surface area (Å²) in [6.07, 6.45) is 2.36. The Hall–Kier alpha value is -3.07. The smallest absolute Gasteiger partial charge is 0.192 e. The summed E-state index contributed by atoms with van der Waals surface area (Å²) in [5.41, 5.74) is 0.762. The van der Waals surface area contributed by atoms with Crippen LogP contribution in [-0.4, -0.2) is 46.6 Å². The van der Waals surface area contributed by atoms with E-state index in [9.17, 15) is 0 Å². The van der Waals surface area contributed by atoms with Gasteiger partial charge in [0.05, 0.1) is 18.8 Å². The number of aromatic nitrogens is 3. The lowest BCUT2D eigenvalue weighted by Crippen LogP contribution is -2.42. The second-order valence-electron chi connectivity index (χ2n) is 8.03. The molecule has 0 aliphatic carbocycles. The molecule has 172 valence electrons. The Balaban J connectivity index is 1.51. The number of hydrogen-bond donors (Lipinski definition) is 2. The predicted octanol–water partition coefficient (Wildman–Crippen LogP) is 3.24. The van der Waals surface area contributed by atoms with Gasteiger partial charge >= 0.3 is 0 Å². The van der Waals surface area contributed by atoms with Crippen molar-refractivity contribution in [2.45, 2.75) is 52.3 Å². The summed E-state index contributed by atoms with van der Waals surface area (Å²) in [5.74, 6) is 3.91. The molecular weight excluding hydrogens is 408 g/mol. The molecule has 3 aromatic rings. The molecule has 0 spiro atoms. The van der Waals surface area contributed by atoms with Crippen LogP contribution in [-0.2, 0) is 18.3 Å². The number of aryl methyl sites for hydroxylation is 1. The number of fused-ring (bicyclic) bond motifs is 1. The molecule has 1 aromatic carbocycles. The Bertz CT molecular complexity index is 1070. The maximum atomic E-state index is 6.16. The van der Waals surface area contributed by atoms with Crippen LogP contribution in [0.3, 0.4) is 0 Å². The van der Waals surface area contributed by atoms with Crippen molar-refractivity contribution in [2.75, 3.05) is 19.8 Å². The maximum Gasteiger partial charge on any atom is 0.192 e. The Morgan fingerprint density at radius 2 is 2.25 bits per heavy atom. The lowest BCUT2D eigenvalue weighted by atomic mass is 10.2. The molecule has 0 bridgehead atoms. The molecule has 9 nitrogen and oxygen atoms in total. The van der Waals surface area contributed by atoms with Gasteiger partial charge in [0.25, 0.3) is 0 Å². The molecule has 9 heteroatoms. The maximum absolute atomic E-state index is 6.16. The minimum atomic E-state index is -0.103. The van der Waals surface area contributed by atoms with Crippen LogP contribution in [0.4, 0.5) is 0 Å². The first-order valence-electron chi connectivity index (χ1n) is 11.2. The Morgan fingerprint density at radius 3 is 2.97 bits per heavy atom. The third-order valence-corrected chi connectivity index (χ3v) is 5.69. The summed E-state index contributed by atoms with van der Waals surface area (Å²) in [4.78, 5) is 4.74. The summed E-state index contributed by atoms with van der Waals surface area (Å²) >= 11 is 0. The summed E-state index contributed by atoms with van der Waals surface area (Å²) in [5, 5.41) is 16.2. The van der Waals surface area contributed by atoms with Crippen LogP contribution in [0.25, 0.3) is 11.0 Å². The molecule has 0 amide bonds. The third-order valence-electron chi connectivity index (χ3n) is 5.69. The van der Waals surface area contributed by atoms with E-state index >= 15 is 0 Å². The van der Waals surface area contributed by atoms with Crippen molar-refractivity contribution in [2.24, 2.45) is 12.0 Å². The zero-order valence-electron chi connectivity index (χ0n) is 19.2. The van der Waals surface area contributed by atoms with Crippen molar-refractivity contribution in [1.82, 2.24) is 25.4 Å². The van der Waals surface area contributed by atoms with Gasteiger partial charge in [-0.1, -0.05) is 12.1 Å². The minimum Gasteiger partial charge on any atom is -0.490 e. The Labute approximate surface area is 188 Å². The summed E-state index contributed by atoms with van der Waals surface area (Å²) < 4.78 is 19.6. The van der Waals surface area contributed by atoms with Gasteiger partial charge in [0.15, 0.2) is 23.1 Å². The van der Waals surface area contributed by atoms with Gasteiger partial charge < -0.3 is 29.1 Å². The average Bonchev–Trinajstić information content (AvgIpc) is 3.52. The first-order chi connectivity index (χ1) is 15.5. The van der Waals surface area contributed by atoms with E-state index in [4.69, 9.17) is 18.9 Å². The summed E-state index contributed by atoms with van der Waals surface area (Å²) in [6, 6.07) is 7.87. The monoisotopic (exact) mass is 440 g/mol. The molecule has 2 unspecified atom stereocenters. The molecule has 0 saturated carbocycles. The summed E-state index contributed by atoms with van der Waals surface area (Å²) in [7, 11) is 1.94. The van der Waals surface area contributed by atoms with Crippen LogP contribution >= 0.6 is 0 Å². The SMILES string of the molecule is CCOc1cccc2cc(C(C)NC(=NCc3nnc(C)n3C)NCC3CCCO3)oc12. The van der Waals surface area contributed by atoms with E-state index in [1.807, 2.05) is 56.7 Å². The molecule has 0 radical (unpaired) electrons. The molecular formula is C23H32N6O3. The number of nitrogens with one attached hydrogen (secondary N) is 2. The fraction of sp³-hybridized carbons (Fsp3) is 0.522. The van der Waals surface area contributed by atoms with Gasteiger partial charge in [0.2, 0.25) is 0 Å². The topological polar surface area (TPSA) is 98.7 Å². The number of rotatable bonds is 8. The largest absolute Gasteiger partial charge is 0.490 e. The summed E-state index contributed by atoms with van der Waals surface area (Å²) in [6.45, 7) is 8.47. The number of ether oxygens (including phenoxy) is 2. The molecule has 2 atom stereocenters. The third kappa shape index (κ3) is 5.04. The van der Waals surface area contributed by atoms with Crippen molar-refractivity contribution in [3.05, 3.63) is 41.7 Å². The molecule has 1 fully saturated rings. The molecule has 2 N–H and O–H groups in total. The van der Waals surface area contributed by atoms with Gasteiger partial charge in [-0.2, -0.15) is 0 Å². The molecule has 1 aliphatic rings. The fourth-order valence-corrected chi connectivity index (χ4v) is 3.72. The highest BCUT2D eigenvalue weighted by Crippen LogP contribution is 2.31. The first-order valence-corrected chi connectivity index (χ1v) is 11.2. The fourth-order valence-electron chi connectivity index (χ4n) is 3.72. The lowest BCUT2D eigenvalue weighted by Gasteiger charge is -2.18. The van der Waals surface area contributed by atoms with E-state index in [0.717, 1.165) is 53.6 Å². The molecule has 1 saturated heterocycles. The van der Waals surface area contributed by atoms with Gasteiger partial charge in [-0.3, -0.25) is 0 Å². The second kappa shape index (κ2) is 10.0. The molecule has 2 aromatic heterocycles. The quantitative estimate of drug-likeness (QED) is 0.410. The van der Waals surface area contributed by atoms with Crippen LogP contribution in [0.1, 0.15) is 50.1 Å². The predicted molar refractivity (Wildman–Crippen MR) is 123 cm³/mol. The normalized spacial score (nSPS) is 17.6. The van der Waals surface area contributed by atoms with Gasteiger partial charge in [-0.15, -0.1) is 10.2 Å². The number of benzene rings is 1. The Kier molecular flexibility index (Phi) is 6.94. The van der Waals surface area contributed by atoms with E-state index in [1.54, 1.807) is 0 Å². The second-order valence-corrected chi connectivity index (χ2v) is 8.03. The number of aliphatic imine (C=N–C) groups is 1. The van der Waals surface area contributed by atoms with Crippen molar-refractivity contribution in [3.8, 4) is 5.75 Å². The highest BCUT2D eigenvalue weighted by atomic mass is 16.5. The molecule has 1 aliphatic heterocycles.